The number of hydrazine groups is 1. The van der Waals surface area contributed by atoms with Crippen molar-refractivity contribution in [3.63, 3.8) is 0 Å². The van der Waals surface area contributed by atoms with Gasteiger partial charge in [0, 0.05) is 6.20 Å². The molecule has 0 radical (unpaired) electrons. The summed E-state index contributed by atoms with van der Waals surface area (Å²) in [7, 11) is 0. The third kappa shape index (κ3) is 3.32. The Morgan fingerprint density at radius 2 is 2.21 bits per heavy atom. The molecular weight excluding hydrogens is 244 g/mol. The number of carbonyl (C=O) groups excluding carboxylic acids is 1. The van der Waals surface area contributed by atoms with Crippen LogP contribution in [0, 0.1) is 6.92 Å². The fourth-order valence-electron chi connectivity index (χ4n) is 1.69. The van der Waals surface area contributed by atoms with Crippen molar-refractivity contribution in [3.05, 3.63) is 47.8 Å². The van der Waals surface area contributed by atoms with Gasteiger partial charge in [-0.25, -0.2) is 5.84 Å². The quantitative estimate of drug-likeness (QED) is 0.475. The van der Waals surface area contributed by atoms with Gasteiger partial charge >= 0.3 is 0 Å². The minimum Gasteiger partial charge on any atom is -0.491 e. The highest BCUT2D eigenvalue weighted by molar-refractivity contribution is 5.96. The van der Waals surface area contributed by atoms with Crippen LogP contribution in [0.25, 0.3) is 0 Å². The molecule has 2 rings (SSSR count). The van der Waals surface area contributed by atoms with Crippen molar-refractivity contribution in [1.82, 2.24) is 15.2 Å². The van der Waals surface area contributed by atoms with Crippen molar-refractivity contribution < 1.29 is 9.53 Å². The van der Waals surface area contributed by atoms with Gasteiger partial charge in [-0.05, 0) is 25.1 Å². The van der Waals surface area contributed by atoms with Crippen LogP contribution in [0.15, 0.2) is 36.5 Å². The predicted molar refractivity (Wildman–Crippen MR) is 70.6 cm³/mol. The Bertz CT molecular complexity index is 565. The van der Waals surface area contributed by atoms with E-state index < -0.39 is 0 Å². The van der Waals surface area contributed by atoms with Gasteiger partial charge in [-0.15, -0.1) is 0 Å². The first-order valence-electron chi connectivity index (χ1n) is 5.93. The molecule has 1 amide bonds. The molecule has 0 aliphatic heterocycles. The second-order valence-electron chi connectivity index (χ2n) is 4.04. The molecule has 100 valence electrons. The van der Waals surface area contributed by atoms with Crippen LogP contribution in [0.1, 0.15) is 16.1 Å². The van der Waals surface area contributed by atoms with Gasteiger partial charge in [0.1, 0.15) is 12.4 Å². The Labute approximate surface area is 111 Å². The number of ether oxygens (including phenoxy) is 1. The van der Waals surface area contributed by atoms with E-state index in [-0.39, 0.29) is 5.91 Å². The zero-order chi connectivity index (χ0) is 13.7. The lowest BCUT2D eigenvalue weighted by molar-refractivity contribution is 0.0949. The molecule has 0 saturated heterocycles. The lowest BCUT2D eigenvalue weighted by Crippen LogP contribution is -2.30. The van der Waals surface area contributed by atoms with Gasteiger partial charge in [-0.1, -0.05) is 12.1 Å². The molecule has 1 heterocycles. The van der Waals surface area contributed by atoms with E-state index >= 15 is 0 Å². The first kappa shape index (κ1) is 13.1. The molecule has 0 saturated carbocycles. The van der Waals surface area contributed by atoms with E-state index in [0.29, 0.717) is 24.5 Å². The molecule has 6 heteroatoms. The topological polar surface area (TPSA) is 82.2 Å². The molecule has 0 aliphatic rings. The van der Waals surface area contributed by atoms with Crippen molar-refractivity contribution in [1.29, 1.82) is 0 Å². The highest BCUT2D eigenvalue weighted by Gasteiger charge is 2.10. The maximum Gasteiger partial charge on any atom is 0.268 e. The fourth-order valence-corrected chi connectivity index (χ4v) is 1.69. The summed E-state index contributed by atoms with van der Waals surface area (Å²) in [5, 5.41) is 4.25. The summed E-state index contributed by atoms with van der Waals surface area (Å²) < 4.78 is 7.39. The fraction of sp³-hybridized carbons (Fsp3) is 0.231. The van der Waals surface area contributed by atoms with Crippen LogP contribution in [0.2, 0.25) is 0 Å². The number of nitrogen functional groups attached to an aromatic ring is 1. The Balaban J connectivity index is 1.97. The SMILES string of the molecule is Cc1ccn(CCOc2ccccc2C(=O)NN)n1. The van der Waals surface area contributed by atoms with E-state index in [1.54, 1.807) is 28.9 Å². The number of para-hydroxylation sites is 1. The van der Waals surface area contributed by atoms with Crippen molar-refractivity contribution in [2.24, 2.45) is 5.84 Å². The summed E-state index contributed by atoms with van der Waals surface area (Å²) in [5.74, 6) is 5.26. The molecule has 2 aromatic rings. The Morgan fingerprint density at radius 1 is 1.42 bits per heavy atom. The maximum absolute atomic E-state index is 11.5. The second-order valence-corrected chi connectivity index (χ2v) is 4.04. The monoisotopic (exact) mass is 260 g/mol. The van der Waals surface area contributed by atoms with Gasteiger partial charge in [-0.3, -0.25) is 14.9 Å². The number of hydrogen-bond acceptors (Lipinski definition) is 4. The number of aromatic nitrogens is 2. The Morgan fingerprint density at radius 3 is 2.89 bits per heavy atom. The van der Waals surface area contributed by atoms with E-state index in [2.05, 4.69) is 10.5 Å². The van der Waals surface area contributed by atoms with Gasteiger partial charge < -0.3 is 4.74 Å². The number of hydrogen-bond donors (Lipinski definition) is 2. The number of carbonyl (C=O) groups is 1. The van der Waals surface area contributed by atoms with E-state index in [0.717, 1.165) is 5.69 Å². The molecule has 0 fully saturated rings. The summed E-state index contributed by atoms with van der Waals surface area (Å²) in [4.78, 5) is 11.5. The number of aryl methyl sites for hydroxylation is 1. The van der Waals surface area contributed by atoms with E-state index in [1.807, 2.05) is 19.2 Å². The third-order valence-electron chi connectivity index (χ3n) is 2.61. The predicted octanol–water partition coefficient (Wildman–Crippen LogP) is 0.874. The second kappa shape index (κ2) is 6.01. The number of benzene rings is 1. The number of amides is 1. The zero-order valence-corrected chi connectivity index (χ0v) is 10.7. The lowest BCUT2D eigenvalue weighted by atomic mass is 10.2. The van der Waals surface area contributed by atoms with E-state index in [4.69, 9.17) is 10.6 Å². The van der Waals surface area contributed by atoms with E-state index in [9.17, 15) is 4.79 Å². The standard InChI is InChI=1S/C13H16N4O2/c1-10-6-7-17(16-10)8-9-19-12-5-3-2-4-11(12)13(18)15-14/h2-7H,8-9,14H2,1H3,(H,15,18). The molecule has 19 heavy (non-hydrogen) atoms. The van der Waals surface area contributed by atoms with Gasteiger partial charge in [-0.2, -0.15) is 5.10 Å². The molecule has 6 nitrogen and oxygen atoms in total. The van der Waals surface area contributed by atoms with Gasteiger partial charge in [0.15, 0.2) is 0 Å². The first-order valence-corrected chi connectivity index (χ1v) is 5.93. The summed E-state index contributed by atoms with van der Waals surface area (Å²) >= 11 is 0. The van der Waals surface area contributed by atoms with Gasteiger partial charge in [0.05, 0.1) is 17.8 Å². The summed E-state index contributed by atoms with van der Waals surface area (Å²) in [6.07, 6.45) is 1.89. The molecule has 1 aromatic carbocycles. The average molecular weight is 260 g/mol. The minimum atomic E-state index is -0.370. The molecular formula is C13H16N4O2. The van der Waals surface area contributed by atoms with Crippen LogP contribution < -0.4 is 16.0 Å². The summed E-state index contributed by atoms with van der Waals surface area (Å²) in [6.45, 7) is 2.97. The van der Waals surface area contributed by atoms with Gasteiger partial charge in [0.25, 0.3) is 5.91 Å². The normalized spacial score (nSPS) is 10.2. The number of nitrogens with one attached hydrogen (secondary N) is 1. The minimum absolute atomic E-state index is 0.370. The third-order valence-corrected chi connectivity index (χ3v) is 2.61. The maximum atomic E-state index is 11.5. The van der Waals surface area contributed by atoms with Gasteiger partial charge in [0.2, 0.25) is 0 Å². The van der Waals surface area contributed by atoms with Crippen LogP contribution in [-0.4, -0.2) is 22.3 Å². The van der Waals surface area contributed by atoms with Crippen LogP contribution in [-0.2, 0) is 6.54 Å². The Kier molecular flexibility index (Phi) is 4.15. The molecule has 0 aliphatic carbocycles. The first-order chi connectivity index (χ1) is 9.20. The number of rotatable bonds is 5. The average Bonchev–Trinajstić information content (AvgIpc) is 2.84. The van der Waals surface area contributed by atoms with Crippen LogP contribution >= 0.6 is 0 Å². The number of nitrogens with zero attached hydrogens (tertiary/aromatic N) is 2. The zero-order valence-electron chi connectivity index (χ0n) is 10.7. The molecule has 0 spiro atoms. The molecule has 0 unspecified atom stereocenters. The molecule has 0 atom stereocenters. The summed E-state index contributed by atoms with van der Waals surface area (Å²) in [6, 6.07) is 8.89. The van der Waals surface area contributed by atoms with Crippen LogP contribution in [0.5, 0.6) is 5.75 Å². The smallest absolute Gasteiger partial charge is 0.268 e. The van der Waals surface area contributed by atoms with E-state index in [1.165, 1.54) is 0 Å². The summed E-state index contributed by atoms with van der Waals surface area (Å²) in [5.41, 5.74) is 3.48. The highest BCUT2D eigenvalue weighted by atomic mass is 16.5. The molecule has 3 N–H and O–H groups in total. The van der Waals surface area contributed by atoms with Crippen LogP contribution in [0.3, 0.4) is 0 Å². The van der Waals surface area contributed by atoms with Crippen molar-refractivity contribution in [2.75, 3.05) is 6.61 Å². The molecule has 0 bridgehead atoms. The highest BCUT2D eigenvalue weighted by Crippen LogP contribution is 2.17. The molecule has 1 aromatic heterocycles. The van der Waals surface area contributed by atoms with Crippen molar-refractivity contribution >= 4 is 5.91 Å². The van der Waals surface area contributed by atoms with Crippen molar-refractivity contribution in [3.8, 4) is 5.75 Å². The Hall–Kier alpha value is -2.34. The number of nitrogens with two attached hydrogens (primary N) is 1. The van der Waals surface area contributed by atoms with Crippen LogP contribution in [0.4, 0.5) is 0 Å². The lowest BCUT2D eigenvalue weighted by Gasteiger charge is -2.10. The largest absolute Gasteiger partial charge is 0.491 e. The van der Waals surface area contributed by atoms with Crippen molar-refractivity contribution in [2.45, 2.75) is 13.5 Å².